The van der Waals surface area contributed by atoms with Crippen LogP contribution in [0.1, 0.15) is 12.0 Å². The van der Waals surface area contributed by atoms with Crippen LogP contribution in [-0.4, -0.2) is 39.2 Å². The number of hydrogen-bond donors (Lipinski definition) is 0. The lowest BCUT2D eigenvalue weighted by molar-refractivity contribution is -0.152. The van der Waals surface area contributed by atoms with Gasteiger partial charge < -0.3 is 14.2 Å². The van der Waals surface area contributed by atoms with Crippen LogP contribution in [0.25, 0.3) is 6.08 Å². The molecule has 0 heterocycles. The molecule has 0 bridgehead atoms. The van der Waals surface area contributed by atoms with E-state index in [0.29, 0.717) is 5.56 Å². The second-order valence-corrected chi connectivity index (χ2v) is 4.36. The Kier molecular flexibility index (Phi) is 6.82. The number of hydrogen-bond acceptors (Lipinski definition) is 6. The molecule has 0 aromatic heterocycles. The molecule has 0 fully saturated rings. The molecule has 0 N–H and O–H groups in total. The van der Waals surface area contributed by atoms with E-state index in [1.54, 1.807) is 24.3 Å². The Balaban J connectivity index is 3.25. The van der Waals surface area contributed by atoms with Gasteiger partial charge in [-0.1, -0.05) is 30.3 Å². The van der Waals surface area contributed by atoms with Crippen LogP contribution in [0.2, 0.25) is 0 Å². The van der Waals surface area contributed by atoms with Crippen molar-refractivity contribution in [3.05, 3.63) is 41.5 Å². The maximum Gasteiger partial charge on any atom is 0.334 e. The van der Waals surface area contributed by atoms with E-state index in [4.69, 9.17) is 4.74 Å². The SMILES string of the molecule is COC(=O)CC(C(=O)OC)/C(=C/c1ccccc1)C(=O)OC. The van der Waals surface area contributed by atoms with Gasteiger partial charge in [0.05, 0.1) is 39.2 Å². The highest BCUT2D eigenvalue weighted by atomic mass is 16.5. The highest BCUT2D eigenvalue weighted by Crippen LogP contribution is 2.22. The summed E-state index contributed by atoms with van der Waals surface area (Å²) >= 11 is 0. The molecule has 0 saturated carbocycles. The molecule has 1 atom stereocenters. The minimum absolute atomic E-state index is 0.0333. The molecule has 0 aliphatic carbocycles. The van der Waals surface area contributed by atoms with Crippen LogP contribution >= 0.6 is 0 Å². The third-order valence-electron chi connectivity index (χ3n) is 3.00. The quantitative estimate of drug-likeness (QED) is 0.451. The van der Waals surface area contributed by atoms with Gasteiger partial charge in [-0.25, -0.2) is 4.79 Å². The van der Waals surface area contributed by atoms with Crippen molar-refractivity contribution in [2.24, 2.45) is 5.92 Å². The molecule has 22 heavy (non-hydrogen) atoms. The number of benzene rings is 1. The third-order valence-corrected chi connectivity index (χ3v) is 3.00. The van der Waals surface area contributed by atoms with Crippen LogP contribution in [0.5, 0.6) is 0 Å². The highest BCUT2D eigenvalue weighted by molar-refractivity contribution is 6.01. The first-order chi connectivity index (χ1) is 10.5. The summed E-state index contributed by atoms with van der Waals surface area (Å²) in [5, 5.41) is 0. The van der Waals surface area contributed by atoms with Crippen LogP contribution in [0.15, 0.2) is 35.9 Å². The minimum Gasteiger partial charge on any atom is -0.469 e. The van der Waals surface area contributed by atoms with Gasteiger partial charge in [0, 0.05) is 0 Å². The summed E-state index contributed by atoms with van der Waals surface area (Å²) in [6.07, 6.45) is 1.19. The van der Waals surface area contributed by atoms with Crippen LogP contribution < -0.4 is 0 Å². The lowest BCUT2D eigenvalue weighted by Crippen LogP contribution is -2.26. The molecular weight excluding hydrogens is 288 g/mol. The normalized spacial score (nSPS) is 12.2. The van der Waals surface area contributed by atoms with Crippen molar-refractivity contribution in [1.29, 1.82) is 0 Å². The summed E-state index contributed by atoms with van der Waals surface area (Å²) in [5.41, 5.74) is 0.729. The first-order valence-electron chi connectivity index (χ1n) is 6.53. The average Bonchev–Trinajstić information content (AvgIpc) is 2.57. The van der Waals surface area contributed by atoms with E-state index in [1.807, 2.05) is 6.07 Å². The van der Waals surface area contributed by atoms with E-state index >= 15 is 0 Å². The summed E-state index contributed by atoms with van der Waals surface area (Å²) < 4.78 is 13.9. The number of carbonyl (C=O) groups excluding carboxylic acids is 3. The maximum atomic E-state index is 12.0. The molecule has 1 aromatic rings. The van der Waals surface area contributed by atoms with Gasteiger partial charge in [-0.15, -0.1) is 0 Å². The van der Waals surface area contributed by atoms with Gasteiger partial charge in [-0.2, -0.15) is 0 Å². The van der Waals surface area contributed by atoms with E-state index in [9.17, 15) is 14.4 Å². The van der Waals surface area contributed by atoms with E-state index in [1.165, 1.54) is 27.4 Å². The molecule has 0 spiro atoms. The molecule has 6 nitrogen and oxygen atoms in total. The van der Waals surface area contributed by atoms with E-state index < -0.39 is 23.8 Å². The first kappa shape index (κ1) is 17.4. The monoisotopic (exact) mass is 306 g/mol. The predicted octanol–water partition coefficient (Wildman–Crippen LogP) is 1.60. The van der Waals surface area contributed by atoms with E-state index in [-0.39, 0.29) is 12.0 Å². The smallest absolute Gasteiger partial charge is 0.334 e. The van der Waals surface area contributed by atoms with Gasteiger partial charge in [0.1, 0.15) is 0 Å². The predicted molar refractivity (Wildman–Crippen MR) is 78.6 cm³/mol. The maximum absolute atomic E-state index is 12.0. The van der Waals surface area contributed by atoms with Crippen LogP contribution in [0.3, 0.4) is 0 Å². The molecule has 1 aromatic carbocycles. The zero-order valence-electron chi connectivity index (χ0n) is 12.7. The zero-order chi connectivity index (χ0) is 16.5. The van der Waals surface area contributed by atoms with Crippen molar-refractivity contribution >= 4 is 24.0 Å². The zero-order valence-corrected chi connectivity index (χ0v) is 12.7. The van der Waals surface area contributed by atoms with Crippen LogP contribution in [-0.2, 0) is 28.6 Å². The average molecular weight is 306 g/mol. The molecule has 6 heteroatoms. The lowest BCUT2D eigenvalue weighted by atomic mass is 9.93. The fourth-order valence-corrected chi connectivity index (χ4v) is 1.86. The molecule has 0 aliphatic rings. The summed E-state index contributed by atoms with van der Waals surface area (Å²) in [7, 11) is 3.59. The van der Waals surface area contributed by atoms with Crippen LogP contribution in [0.4, 0.5) is 0 Å². The molecule has 118 valence electrons. The molecule has 0 saturated heterocycles. The highest BCUT2D eigenvalue weighted by Gasteiger charge is 2.32. The van der Waals surface area contributed by atoms with Gasteiger partial charge in [0.15, 0.2) is 0 Å². The van der Waals surface area contributed by atoms with Gasteiger partial charge in [0.2, 0.25) is 0 Å². The minimum atomic E-state index is -1.09. The fourth-order valence-electron chi connectivity index (χ4n) is 1.86. The van der Waals surface area contributed by atoms with Gasteiger partial charge >= 0.3 is 17.9 Å². The van der Waals surface area contributed by atoms with E-state index in [0.717, 1.165) is 0 Å². The molecule has 0 radical (unpaired) electrons. The summed E-state index contributed by atoms with van der Waals surface area (Å²) in [4.78, 5) is 35.4. The standard InChI is InChI=1S/C16H18O6/c1-20-14(17)10-13(16(19)22-3)12(15(18)21-2)9-11-7-5-4-6-8-11/h4-9,13H,10H2,1-3H3/b12-9-. The molecule has 1 rings (SSSR count). The lowest BCUT2D eigenvalue weighted by Gasteiger charge is -2.16. The van der Waals surface area contributed by atoms with Crippen molar-refractivity contribution < 1.29 is 28.6 Å². The van der Waals surface area contributed by atoms with Gasteiger partial charge in [0.25, 0.3) is 0 Å². The Morgan fingerprint density at radius 2 is 1.64 bits per heavy atom. The molecule has 1 unspecified atom stereocenters. The topological polar surface area (TPSA) is 78.9 Å². The number of rotatable bonds is 6. The molecule has 0 aliphatic heterocycles. The Hall–Kier alpha value is -2.63. The number of methoxy groups -OCH3 is 3. The van der Waals surface area contributed by atoms with Crippen molar-refractivity contribution in [2.45, 2.75) is 6.42 Å². The molecule has 0 amide bonds. The number of esters is 3. The Morgan fingerprint density at radius 1 is 1.00 bits per heavy atom. The molecular formula is C16H18O6. The Morgan fingerprint density at radius 3 is 2.14 bits per heavy atom. The summed E-state index contributed by atoms with van der Waals surface area (Å²) in [6, 6.07) is 8.91. The second-order valence-electron chi connectivity index (χ2n) is 4.36. The van der Waals surface area contributed by atoms with E-state index in [2.05, 4.69) is 9.47 Å². The summed E-state index contributed by atoms with van der Waals surface area (Å²) in [6.45, 7) is 0. The van der Waals surface area contributed by atoms with Crippen LogP contribution in [0, 0.1) is 5.92 Å². The van der Waals surface area contributed by atoms with Crippen molar-refractivity contribution in [1.82, 2.24) is 0 Å². The van der Waals surface area contributed by atoms with Crippen molar-refractivity contribution in [2.75, 3.05) is 21.3 Å². The van der Waals surface area contributed by atoms with Crippen molar-refractivity contribution in [3.63, 3.8) is 0 Å². The number of carbonyl (C=O) groups is 3. The summed E-state index contributed by atoms with van der Waals surface area (Å²) in [5.74, 6) is -3.13. The second kappa shape index (κ2) is 8.61. The third kappa shape index (κ3) is 4.73. The Labute approximate surface area is 128 Å². The van der Waals surface area contributed by atoms with Crippen molar-refractivity contribution in [3.8, 4) is 0 Å². The van der Waals surface area contributed by atoms with Gasteiger partial charge in [-0.3, -0.25) is 9.59 Å². The fraction of sp³-hybridized carbons (Fsp3) is 0.312. The number of ether oxygens (including phenoxy) is 3. The van der Waals surface area contributed by atoms with Gasteiger partial charge in [-0.05, 0) is 11.6 Å². The first-order valence-corrected chi connectivity index (χ1v) is 6.53. The Bertz CT molecular complexity index is 561. The largest absolute Gasteiger partial charge is 0.469 e.